The summed E-state index contributed by atoms with van der Waals surface area (Å²) in [6.45, 7) is 2.43. The zero-order valence-electron chi connectivity index (χ0n) is 17.6. The van der Waals surface area contributed by atoms with Crippen LogP contribution in [0.5, 0.6) is 0 Å². The Morgan fingerprint density at radius 2 is 1.50 bits per heavy atom. The van der Waals surface area contributed by atoms with Gasteiger partial charge >= 0.3 is 0 Å². The van der Waals surface area contributed by atoms with Gasteiger partial charge in [0.05, 0.1) is 4.90 Å². The fourth-order valence-electron chi connectivity index (χ4n) is 3.07. The zero-order chi connectivity index (χ0) is 23.1. The largest absolute Gasteiger partial charge is 0.384 e. The summed E-state index contributed by atoms with van der Waals surface area (Å²) in [5.74, 6) is -0.195. The van der Waals surface area contributed by atoms with Crippen molar-refractivity contribution in [3.8, 4) is 0 Å². The second-order valence-electron chi connectivity index (χ2n) is 6.97. The molecule has 0 fully saturated rings. The van der Waals surface area contributed by atoms with E-state index in [4.69, 9.17) is 11.1 Å². The number of amides is 1. The Hall–Kier alpha value is -3.85. The average molecular weight is 452 g/mol. The highest BCUT2D eigenvalue weighted by Gasteiger charge is 2.16. The Morgan fingerprint density at radius 1 is 0.938 bits per heavy atom. The Bertz CT molecular complexity index is 1180. The number of nitrogen functional groups attached to an aromatic ring is 1. The first kappa shape index (κ1) is 22.8. The molecule has 3 rings (SSSR count). The van der Waals surface area contributed by atoms with E-state index >= 15 is 0 Å². The van der Waals surface area contributed by atoms with Crippen LogP contribution in [0.1, 0.15) is 12.5 Å². The van der Waals surface area contributed by atoms with E-state index in [0.29, 0.717) is 23.5 Å². The molecule has 9 heteroatoms. The summed E-state index contributed by atoms with van der Waals surface area (Å²) in [6.07, 6.45) is 0. The van der Waals surface area contributed by atoms with Gasteiger partial charge in [-0.05, 0) is 67.6 Å². The van der Waals surface area contributed by atoms with Gasteiger partial charge in [-0.25, -0.2) is 8.42 Å². The van der Waals surface area contributed by atoms with Gasteiger partial charge in [-0.2, -0.15) is 0 Å². The van der Waals surface area contributed by atoms with E-state index in [1.54, 1.807) is 71.6 Å². The lowest BCUT2D eigenvalue weighted by Crippen LogP contribution is -2.34. The van der Waals surface area contributed by atoms with Crippen molar-refractivity contribution >= 4 is 38.8 Å². The average Bonchev–Trinajstić information content (AvgIpc) is 2.79. The standard InChI is InChI=1S/C23H25N5O3S/c1-2-26-22(29)16-28(19-12-8-17(9-13-19)23(24)25)20-14-10-18(11-15-20)27-32(30,31)21-6-4-3-5-7-21/h3-15,27H,2,16H2,1H3,(H3,24,25)(H,26,29). The molecule has 0 saturated heterocycles. The minimum atomic E-state index is -3.70. The van der Waals surface area contributed by atoms with Crippen molar-refractivity contribution in [3.05, 3.63) is 84.4 Å². The molecule has 0 aliphatic rings. The maximum absolute atomic E-state index is 12.5. The number of carbonyl (C=O) groups excluding carboxylic acids is 1. The number of nitrogens with zero attached hydrogens (tertiary/aromatic N) is 1. The number of sulfonamides is 1. The zero-order valence-corrected chi connectivity index (χ0v) is 18.4. The highest BCUT2D eigenvalue weighted by atomic mass is 32.2. The van der Waals surface area contributed by atoms with E-state index in [0.717, 1.165) is 5.69 Å². The minimum Gasteiger partial charge on any atom is -0.384 e. The Balaban J connectivity index is 1.86. The minimum absolute atomic E-state index is 0.0399. The van der Waals surface area contributed by atoms with Crippen LogP contribution in [-0.4, -0.2) is 33.3 Å². The Morgan fingerprint density at radius 3 is 2.03 bits per heavy atom. The van der Waals surface area contributed by atoms with Gasteiger partial charge in [0.15, 0.2) is 0 Å². The summed E-state index contributed by atoms with van der Waals surface area (Å²) < 4.78 is 27.6. The monoisotopic (exact) mass is 451 g/mol. The molecular weight excluding hydrogens is 426 g/mol. The summed E-state index contributed by atoms with van der Waals surface area (Å²) in [5, 5.41) is 10.3. The first-order valence-electron chi connectivity index (χ1n) is 9.97. The van der Waals surface area contributed by atoms with Gasteiger partial charge in [-0.3, -0.25) is 14.9 Å². The number of anilines is 3. The number of amidine groups is 1. The number of hydrogen-bond acceptors (Lipinski definition) is 5. The highest BCUT2D eigenvalue weighted by molar-refractivity contribution is 7.92. The molecule has 0 heterocycles. The topological polar surface area (TPSA) is 128 Å². The second-order valence-corrected chi connectivity index (χ2v) is 8.65. The summed E-state index contributed by atoms with van der Waals surface area (Å²) in [7, 11) is -3.70. The van der Waals surface area contributed by atoms with E-state index in [-0.39, 0.29) is 23.2 Å². The van der Waals surface area contributed by atoms with Crippen LogP contribution in [0.3, 0.4) is 0 Å². The predicted octanol–water partition coefficient (Wildman–Crippen LogP) is 3.05. The maximum Gasteiger partial charge on any atom is 0.261 e. The van der Waals surface area contributed by atoms with Crippen LogP contribution in [0.15, 0.2) is 83.8 Å². The molecule has 0 bridgehead atoms. The van der Waals surface area contributed by atoms with Gasteiger partial charge in [-0.1, -0.05) is 18.2 Å². The molecular formula is C23H25N5O3S. The van der Waals surface area contributed by atoms with Gasteiger partial charge in [0.1, 0.15) is 12.4 Å². The van der Waals surface area contributed by atoms with Crippen molar-refractivity contribution in [2.75, 3.05) is 22.7 Å². The second kappa shape index (κ2) is 9.97. The van der Waals surface area contributed by atoms with Crippen molar-refractivity contribution < 1.29 is 13.2 Å². The SMILES string of the molecule is CCNC(=O)CN(c1ccc(NS(=O)(=O)c2ccccc2)cc1)c1ccc(C(=N)N)cc1. The summed E-state index contributed by atoms with van der Waals surface area (Å²) >= 11 is 0. The smallest absolute Gasteiger partial charge is 0.261 e. The third-order valence-corrected chi connectivity index (χ3v) is 6.05. The predicted molar refractivity (Wildman–Crippen MR) is 127 cm³/mol. The molecule has 5 N–H and O–H groups in total. The molecule has 166 valence electrons. The van der Waals surface area contributed by atoms with E-state index in [9.17, 15) is 13.2 Å². The van der Waals surface area contributed by atoms with Gasteiger partial charge < -0.3 is 16.0 Å². The van der Waals surface area contributed by atoms with Crippen LogP contribution in [0.4, 0.5) is 17.1 Å². The van der Waals surface area contributed by atoms with Crippen LogP contribution in [-0.2, 0) is 14.8 Å². The molecule has 32 heavy (non-hydrogen) atoms. The molecule has 0 unspecified atom stereocenters. The Kier molecular flexibility index (Phi) is 7.11. The molecule has 3 aromatic rings. The van der Waals surface area contributed by atoms with Crippen molar-refractivity contribution in [1.29, 1.82) is 5.41 Å². The van der Waals surface area contributed by atoms with Crippen LogP contribution in [0.2, 0.25) is 0 Å². The summed E-state index contributed by atoms with van der Waals surface area (Å²) in [6, 6.07) is 21.9. The molecule has 0 spiro atoms. The first-order chi connectivity index (χ1) is 15.3. The highest BCUT2D eigenvalue weighted by Crippen LogP contribution is 2.27. The number of benzene rings is 3. The number of carbonyl (C=O) groups is 1. The lowest BCUT2D eigenvalue weighted by Gasteiger charge is -2.25. The molecule has 0 radical (unpaired) electrons. The first-order valence-corrected chi connectivity index (χ1v) is 11.4. The summed E-state index contributed by atoms with van der Waals surface area (Å²) in [4.78, 5) is 14.3. The number of nitrogens with one attached hydrogen (secondary N) is 3. The van der Waals surface area contributed by atoms with Gasteiger partial charge in [0.2, 0.25) is 5.91 Å². The van der Waals surface area contributed by atoms with Crippen molar-refractivity contribution in [1.82, 2.24) is 5.32 Å². The number of rotatable bonds is 9. The van der Waals surface area contributed by atoms with Crippen molar-refractivity contribution in [2.24, 2.45) is 5.73 Å². The lowest BCUT2D eigenvalue weighted by atomic mass is 10.1. The third kappa shape index (κ3) is 5.64. The number of nitrogens with two attached hydrogens (primary N) is 1. The summed E-state index contributed by atoms with van der Waals surface area (Å²) in [5.41, 5.74) is 7.95. The van der Waals surface area contributed by atoms with E-state index < -0.39 is 10.0 Å². The quantitative estimate of drug-likeness (QED) is 0.294. The van der Waals surface area contributed by atoms with Crippen molar-refractivity contribution in [3.63, 3.8) is 0 Å². The van der Waals surface area contributed by atoms with Gasteiger partial charge in [-0.15, -0.1) is 0 Å². The van der Waals surface area contributed by atoms with Crippen LogP contribution in [0, 0.1) is 5.41 Å². The number of likely N-dealkylation sites (N-methyl/N-ethyl adjacent to an activating group) is 1. The van der Waals surface area contributed by atoms with Crippen LogP contribution < -0.4 is 20.7 Å². The number of hydrogen-bond donors (Lipinski definition) is 4. The molecule has 3 aromatic carbocycles. The van der Waals surface area contributed by atoms with Crippen molar-refractivity contribution in [2.45, 2.75) is 11.8 Å². The molecule has 1 amide bonds. The van der Waals surface area contributed by atoms with Crippen LogP contribution in [0.25, 0.3) is 0 Å². The molecule has 0 aliphatic heterocycles. The molecule has 0 aromatic heterocycles. The maximum atomic E-state index is 12.5. The fourth-order valence-corrected chi connectivity index (χ4v) is 4.15. The lowest BCUT2D eigenvalue weighted by molar-refractivity contribution is -0.119. The van der Waals surface area contributed by atoms with E-state index in [1.165, 1.54) is 12.1 Å². The van der Waals surface area contributed by atoms with E-state index in [2.05, 4.69) is 10.0 Å². The van der Waals surface area contributed by atoms with Gasteiger partial charge in [0.25, 0.3) is 10.0 Å². The van der Waals surface area contributed by atoms with Gasteiger partial charge in [0, 0.05) is 29.2 Å². The van der Waals surface area contributed by atoms with Crippen LogP contribution >= 0.6 is 0 Å². The van der Waals surface area contributed by atoms with E-state index in [1.807, 2.05) is 6.92 Å². The molecule has 0 atom stereocenters. The normalized spacial score (nSPS) is 10.9. The molecule has 0 aliphatic carbocycles. The molecule has 0 saturated carbocycles. The molecule has 8 nitrogen and oxygen atoms in total. The third-order valence-electron chi connectivity index (χ3n) is 4.65. The fraction of sp³-hybridized carbons (Fsp3) is 0.130. The Labute approximate surface area is 187 Å².